The third-order valence-corrected chi connectivity index (χ3v) is 5.20. The molecule has 128 valence electrons. The van der Waals surface area contributed by atoms with E-state index < -0.39 is 10.0 Å². The third-order valence-electron chi connectivity index (χ3n) is 3.68. The summed E-state index contributed by atoms with van der Waals surface area (Å²) < 4.78 is 27.0. The van der Waals surface area contributed by atoms with Crippen LogP contribution in [0.3, 0.4) is 0 Å². The monoisotopic (exact) mass is 339 g/mol. The van der Waals surface area contributed by atoms with E-state index in [1.54, 1.807) is 12.1 Å². The van der Waals surface area contributed by atoms with E-state index in [-0.39, 0.29) is 22.9 Å². The van der Waals surface area contributed by atoms with Gasteiger partial charge in [-0.25, -0.2) is 13.1 Å². The number of nitrogens with one attached hydrogen (secondary N) is 2. The molecule has 2 rings (SSSR count). The molecule has 0 spiro atoms. The van der Waals surface area contributed by atoms with Gasteiger partial charge in [-0.05, 0) is 43.4 Å². The highest BCUT2D eigenvalue weighted by atomic mass is 32.2. The topological polar surface area (TPSA) is 101 Å². The second-order valence-electron chi connectivity index (χ2n) is 6.46. The van der Waals surface area contributed by atoms with Crippen LogP contribution in [0, 0.1) is 5.92 Å². The Morgan fingerprint density at radius 1 is 1.35 bits per heavy atom. The minimum atomic E-state index is -3.56. The van der Waals surface area contributed by atoms with Gasteiger partial charge in [-0.2, -0.15) is 0 Å². The zero-order valence-corrected chi connectivity index (χ0v) is 14.4. The van der Waals surface area contributed by atoms with Gasteiger partial charge in [-0.1, -0.05) is 19.9 Å². The van der Waals surface area contributed by atoms with Crippen LogP contribution >= 0.6 is 0 Å². The maximum atomic E-state index is 12.3. The molecule has 1 fully saturated rings. The largest absolute Gasteiger partial charge is 0.348 e. The van der Waals surface area contributed by atoms with Crippen molar-refractivity contribution < 1.29 is 13.2 Å². The Bertz CT molecular complexity index is 654. The Morgan fingerprint density at radius 3 is 2.61 bits per heavy atom. The summed E-state index contributed by atoms with van der Waals surface area (Å²) in [4.78, 5) is 12.4. The molecule has 7 heteroatoms. The number of carbonyl (C=O) groups excluding carboxylic acids is 1. The summed E-state index contributed by atoms with van der Waals surface area (Å²) >= 11 is 0. The van der Waals surface area contributed by atoms with Gasteiger partial charge >= 0.3 is 0 Å². The molecular weight excluding hydrogens is 314 g/mol. The Balaban J connectivity index is 2.10. The number of benzene rings is 1. The predicted molar refractivity (Wildman–Crippen MR) is 89.5 cm³/mol. The lowest BCUT2D eigenvalue weighted by Gasteiger charge is -2.19. The van der Waals surface area contributed by atoms with Gasteiger partial charge in [0.15, 0.2) is 0 Å². The normalized spacial score (nSPS) is 16.3. The van der Waals surface area contributed by atoms with E-state index in [9.17, 15) is 13.2 Å². The molecule has 0 aromatic heterocycles. The minimum Gasteiger partial charge on any atom is -0.348 e. The number of amides is 1. The first-order valence-electron chi connectivity index (χ1n) is 7.95. The van der Waals surface area contributed by atoms with Crippen molar-refractivity contribution in [2.24, 2.45) is 11.7 Å². The predicted octanol–water partition coefficient (Wildman–Crippen LogP) is 1.23. The highest BCUT2D eigenvalue weighted by Crippen LogP contribution is 2.22. The van der Waals surface area contributed by atoms with Crippen molar-refractivity contribution in [1.29, 1.82) is 0 Å². The van der Waals surface area contributed by atoms with E-state index in [0.717, 1.165) is 19.3 Å². The van der Waals surface area contributed by atoms with Gasteiger partial charge in [0.2, 0.25) is 10.0 Å². The Morgan fingerprint density at radius 2 is 2.04 bits per heavy atom. The van der Waals surface area contributed by atoms with Crippen LogP contribution in [0.15, 0.2) is 29.2 Å². The second kappa shape index (κ2) is 7.42. The number of sulfonamides is 1. The molecule has 0 heterocycles. The summed E-state index contributed by atoms with van der Waals surface area (Å²) in [6, 6.07) is 6.00. The van der Waals surface area contributed by atoms with Crippen LogP contribution in [0.2, 0.25) is 0 Å². The molecule has 1 aliphatic carbocycles. The highest BCUT2D eigenvalue weighted by molar-refractivity contribution is 7.89. The Hall–Kier alpha value is -1.44. The van der Waals surface area contributed by atoms with Gasteiger partial charge in [-0.3, -0.25) is 4.79 Å². The van der Waals surface area contributed by atoms with Crippen LogP contribution < -0.4 is 15.8 Å². The summed E-state index contributed by atoms with van der Waals surface area (Å²) in [5.74, 6) is 0.114. The van der Waals surface area contributed by atoms with Crippen LogP contribution in [-0.4, -0.2) is 33.0 Å². The van der Waals surface area contributed by atoms with Crippen molar-refractivity contribution in [3.05, 3.63) is 29.8 Å². The van der Waals surface area contributed by atoms with Crippen LogP contribution in [0.5, 0.6) is 0 Å². The van der Waals surface area contributed by atoms with Crippen molar-refractivity contribution in [3.8, 4) is 0 Å². The fraction of sp³-hybridized carbons (Fsp3) is 0.562. The SMILES string of the molecule is CC(C)CC(CN)NC(=O)c1cccc(S(=O)(=O)NC2CC2)c1. The van der Waals surface area contributed by atoms with Gasteiger partial charge < -0.3 is 11.1 Å². The van der Waals surface area contributed by atoms with Gasteiger partial charge in [0.25, 0.3) is 5.91 Å². The summed E-state index contributed by atoms with van der Waals surface area (Å²) in [6.45, 7) is 4.47. The summed E-state index contributed by atoms with van der Waals surface area (Å²) in [6.07, 6.45) is 2.52. The molecule has 0 bridgehead atoms. The molecule has 1 aromatic rings. The number of hydrogen-bond donors (Lipinski definition) is 3. The Labute approximate surface area is 137 Å². The van der Waals surface area contributed by atoms with E-state index in [4.69, 9.17) is 5.73 Å². The molecule has 23 heavy (non-hydrogen) atoms. The van der Waals surface area contributed by atoms with Crippen molar-refractivity contribution in [2.75, 3.05) is 6.54 Å². The maximum absolute atomic E-state index is 12.3. The van der Waals surface area contributed by atoms with E-state index in [1.807, 2.05) is 0 Å². The number of nitrogens with two attached hydrogens (primary N) is 1. The van der Waals surface area contributed by atoms with Gasteiger partial charge in [0.05, 0.1) is 4.90 Å². The number of carbonyl (C=O) groups is 1. The zero-order valence-electron chi connectivity index (χ0n) is 13.6. The standard InChI is InChI=1S/C16H25N3O3S/c1-11(2)8-14(10-17)18-16(20)12-4-3-5-15(9-12)23(21,22)19-13-6-7-13/h3-5,9,11,13-14,19H,6-8,10,17H2,1-2H3,(H,18,20). The summed E-state index contributed by atoms with van der Waals surface area (Å²) in [7, 11) is -3.56. The molecule has 0 radical (unpaired) electrons. The molecule has 6 nitrogen and oxygen atoms in total. The van der Waals surface area contributed by atoms with Crippen LogP contribution in [0.4, 0.5) is 0 Å². The molecule has 1 aliphatic rings. The fourth-order valence-electron chi connectivity index (χ4n) is 2.34. The van der Waals surface area contributed by atoms with E-state index in [1.165, 1.54) is 12.1 Å². The average Bonchev–Trinajstić information content (AvgIpc) is 3.29. The first-order chi connectivity index (χ1) is 10.8. The van der Waals surface area contributed by atoms with Crippen LogP contribution in [-0.2, 0) is 10.0 Å². The van der Waals surface area contributed by atoms with Crippen LogP contribution in [0.1, 0.15) is 43.5 Å². The summed E-state index contributed by atoms with van der Waals surface area (Å²) in [5, 5.41) is 2.87. The molecule has 1 unspecified atom stereocenters. The fourth-order valence-corrected chi connectivity index (χ4v) is 3.70. The lowest BCUT2D eigenvalue weighted by atomic mass is 10.0. The highest BCUT2D eigenvalue weighted by Gasteiger charge is 2.28. The van der Waals surface area contributed by atoms with E-state index >= 15 is 0 Å². The zero-order chi connectivity index (χ0) is 17.0. The Kier molecular flexibility index (Phi) is 5.78. The molecule has 1 amide bonds. The van der Waals surface area contributed by atoms with Gasteiger partial charge in [0.1, 0.15) is 0 Å². The van der Waals surface area contributed by atoms with Crippen molar-refractivity contribution in [2.45, 2.75) is 50.1 Å². The molecule has 1 atom stereocenters. The van der Waals surface area contributed by atoms with E-state index in [2.05, 4.69) is 23.9 Å². The quantitative estimate of drug-likeness (QED) is 0.663. The minimum absolute atomic E-state index is 0.0325. The van der Waals surface area contributed by atoms with Gasteiger partial charge in [0, 0.05) is 24.2 Å². The second-order valence-corrected chi connectivity index (χ2v) is 8.17. The van der Waals surface area contributed by atoms with E-state index in [0.29, 0.717) is 18.0 Å². The average molecular weight is 339 g/mol. The third kappa shape index (κ3) is 5.30. The molecular formula is C16H25N3O3S. The molecule has 0 saturated heterocycles. The van der Waals surface area contributed by atoms with Crippen molar-refractivity contribution in [1.82, 2.24) is 10.0 Å². The smallest absolute Gasteiger partial charge is 0.251 e. The number of hydrogen-bond acceptors (Lipinski definition) is 4. The molecule has 4 N–H and O–H groups in total. The maximum Gasteiger partial charge on any atom is 0.251 e. The number of rotatable bonds is 8. The van der Waals surface area contributed by atoms with Crippen LogP contribution in [0.25, 0.3) is 0 Å². The lowest BCUT2D eigenvalue weighted by Crippen LogP contribution is -2.41. The first-order valence-corrected chi connectivity index (χ1v) is 9.43. The molecule has 1 saturated carbocycles. The molecule has 1 aromatic carbocycles. The lowest BCUT2D eigenvalue weighted by molar-refractivity contribution is 0.0933. The summed E-state index contributed by atoms with van der Waals surface area (Å²) in [5.41, 5.74) is 6.01. The van der Waals surface area contributed by atoms with Crippen molar-refractivity contribution >= 4 is 15.9 Å². The first kappa shape index (κ1) is 17.9. The van der Waals surface area contributed by atoms with Crippen molar-refractivity contribution in [3.63, 3.8) is 0 Å². The van der Waals surface area contributed by atoms with Gasteiger partial charge in [-0.15, -0.1) is 0 Å². The molecule has 0 aliphatic heterocycles.